The lowest BCUT2D eigenvalue weighted by Crippen LogP contribution is -1.96. The van der Waals surface area contributed by atoms with E-state index in [1.807, 2.05) is 0 Å². The molecule has 74 valence electrons. The van der Waals surface area contributed by atoms with Crippen molar-refractivity contribution in [3.05, 3.63) is 6.20 Å². The van der Waals surface area contributed by atoms with Crippen LogP contribution in [0.25, 0.3) is 0 Å². The van der Waals surface area contributed by atoms with Crippen LogP contribution in [-0.4, -0.2) is 26.8 Å². The van der Waals surface area contributed by atoms with E-state index in [0.717, 1.165) is 0 Å². The number of rotatable bonds is 2. The largest absolute Gasteiger partial charge is 0.366 e. The molecule has 0 spiro atoms. The van der Waals surface area contributed by atoms with Gasteiger partial charge in [0.05, 0.1) is 0 Å². The average Bonchev–Trinajstić information content (AvgIpc) is 2.28. The molecule has 0 amide bonds. The number of H-pyrrole nitrogens is 1. The molecule has 0 unspecified atom stereocenters. The first kappa shape index (κ1) is 10.1. The van der Waals surface area contributed by atoms with E-state index in [-0.39, 0.29) is 0 Å². The summed E-state index contributed by atoms with van der Waals surface area (Å²) < 4.78 is 64.6. The summed E-state index contributed by atoms with van der Waals surface area (Å²) in [4.78, 5) is 4.33. The maximum Gasteiger partial charge on any atom is 0.366 e. The van der Waals surface area contributed by atoms with Crippen LogP contribution in [0.2, 0.25) is 0 Å². The third-order valence-electron chi connectivity index (χ3n) is 1.01. The maximum absolute atomic E-state index is 12.1. The fourth-order valence-electron chi connectivity index (χ4n) is 0.538. The van der Waals surface area contributed by atoms with Gasteiger partial charge >= 0.3 is 20.4 Å². The van der Waals surface area contributed by atoms with E-state index in [1.165, 1.54) is 0 Å². The lowest BCUT2D eigenvalue weighted by molar-refractivity contribution is 0.540. The lowest BCUT2D eigenvalue weighted by atomic mass is 11.0. The first-order valence-electron chi connectivity index (χ1n) is 2.66. The summed E-state index contributed by atoms with van der Waals surface area (Å²) in [6.45, 7) is 0. The molecule has 6 nitrogen and oxygen atoms in total. The topological polar surface area (TPSA) is 97.0 Å². The highest BCUT2D eigenvalue weighted by Gasteiger charge is 2.22. The Balaban J connectivity index is 3.32. The normalized spacial score (nSPS) is 13.1. The monoisotopic (exact) mass is 232 g/mol. The molecule has 0 saturated carbocycles. The first-order valence-corrected chi connectivity index (χ1v) is 5.43. The molecule has 1 N–H and O–H groups in total. The Morgan fingerprint density at radius 1 is 1.15 bits per heavy atom. The second kappa shape index (κ2) is 2.73. The molecule has 13 heavy (non-hydrogen) atoms. The fourth-order valence-corrected chi connectivity index (χ4v) is 1.40. The molecule has 0 fully saturated rings. The van der Waals surface area contributed by atoms with E-state index in [4.69, 9.17) is 0 Å². The zero-order valence-corrected chi connectivity index (χ0v) is 7.36. The van der Waals surface area contributed by atoms with Gasteiger partial charge in [0.1, 0.15) is 0 Å². The highest BCUT2D eigenvalue weighted by atomic mass is 32.3. The van der Waals surface area contributed by atoms with Crippen LogP contribution in [0.4, 0.5) is 7.77 Å². The van der Waals surface area contributed by atoms with Crippen LogP contribution in [0, 0.1) is 0 Å². The number of hydrogen-bond donors (Lipinski definition) is 1. The number of nitrogens with one attached hydrogen (secondary N) is 1. The molecule has 0 aromatic carbocycles. The number of aromatic nitrogens is 2. The first-order chi connectivity index (χ1) is 5.71. The fraction of sp³-hybridized carbons (Fsp3) is 0. The number of imidazole rings is 1. The average molecular weight is 232 g/mol. The predicted octanol–water partition coefficient (Wildman–Crippen LogP) is -0.274. The van der Waals surface area contributed by atoms with E-state index in [1.54, 1.807) is 4.98 Å². The van der Waals surface area contributed by atoms with Gasteiger partial charge in [-0.15, -0.1) is 0 Å². The van der Waals surface area contributed by atoms with Gasteiger partial charge in [-0.2, -0.15) is 16.8 Å². The number of hydrogen-bond acceptors (Lipinski definition) is 5. The molecule has 1 aromatic rings. The zero-order valence-electron chi connectivity index (χ0n) is 5.73. The van der Waals surface area contributed by atoms with E-state index >= 15 is 0 Å². The van der Waals surface area contributed by atoms with E-state index < -0.39 is 30.6 Å². The molecule has 0 bridgehead atoms. The van der Waals surface area contributed by atoms with E-state index in [2.05, 4.69) is 4.98 Å². The van der Waals surface area contributed by atoms with E-state index in [9.17, 15) is 24.6 Å². The van der Waals surface area contributed by atoms with Gasteiger partial charge in [0.2, 0.25) is 5.03 Å². The molecule has 0 aliphatic rings. The quantitative estimate of drug-likeness (QED) is 0.707. The van der Waals surface area contributed by atoms with Crippen LogP contribution < -0.4 is 0 Å². The molecule has 0 radical (unpaired) electrons. The molecule has 1 heterocycles. The predicted molar refractivity (Wildman–Crippen MR) is 35.2 cm³/mol. The van der Waals surface area contributed by atoms with Gasteiger partial charge in [0.25, 0.3) is 5.16 Å². The van der Waals surface area contributed by atoms with E-state index in [0.29, 0.717) is 6.20 Å². The van der Waals surface area contributed by atoms with Crippen molar-refractivity contribution in [3.63, 3.8) is 0 Å². The summed E-state index contributed by atoms with van der Waals surface area (Å²) in [5, 5.41) is -2.42. The summed E-state index contributed by atoms with van der Waals surface area (Å²) in [6, 6.07) is 0. The Morgan fingerprint density at radius 3 is 1.92 bits per heavy atom. The van der Waals surface area contributed by atoms with Crippen LogP contribution in [0.1, 0.15) is 0 Å². The molecule has 0 aliphatic carbocycles. The summed E-state index contributed by atoms with van der Waals surface area (Å²) in [6.07, 6.45) is 0.432. The number of halogens is 2. The summed E-state index contributed by atoms with van der Waals surface area (Å²) in [7, 11) is -10.3. The van der Waals surface area contributed by atoms with Crippen molar-refractivity contribution in [1.82, 2.24) is 9.97 Å². The Kier molecular flexibility index (Phi) is 2.11. The van der Waals surface area contributed by atoms with Gasteiger partial charge in [-0.3, -0.25) is 0 Å². The van der Waals surface area contributed by atoms with Crippen LogP contribution in [-0.2, 0) is 20.4 Å². The van der Waals surface area contributed by atoms with Crippen molar-refractivity contribution >= 4 is 20.4 Å². The molecule has 0 saturated heterocycles. The number of aromatic amines is 1. The van der Waals surface area contributed by atoms with Gasteiger partial charge in [-0.25, -0.2) is 4.98 Å². The van der Waals surface area contributed by atoms with Gasteiger partial charge in [-0.05, 0) is 0 Å². The van der Waals surface area contributed by atoms with Crippen molar-refractivity contribution < 1.29 is 24.6 Å². The highest BCUT2D eigenvalue weighted by Crippen LogP contribution is 2.12. The highest BCUT2D eigenvalue weighted by molar-refractivity contribution is 7.87. The van der Waals surface area contributed by atoms with Crippen LogP contribution in [0.3, 0.4) is 0 Å². The smallest absolute Gasteiger partial charge is 0.332 e. The van der Waals surface area contributed by atoms with Crippen LogP contribution >= 0.6 is 0 Å². The Bertz CT molecular complexity index is 469. The number of nitrogens with zero attached hydrogens (tertiary/aromatic N) is 1. The molecule has 0 aliphatic heterocycles. The minimum atomic E-state index is -5.14. The Hall–Kier alpha value is -1.03. The third-order valence-corrected chi connectivity index (χ3v) is 2.39. The van der Waals surface area contributed by atoms with Crippen molar-refractivity contribution in [2.45, 2.75) is 10.2 Å². The Labute approximate surface area is 72.0 Å². The van der Waals surface area contributed by atoms with Crippen molar-refractivity contribution in [2.24, 2.45) is 0 Å². The molecule has 0 atom stereocenters. The van der Waals surface area contributed by atoms with Crippen LogP contribution in [0.5, 0.6) is 0 Å². The lowest BCUT2D eigenvalue weighted by Gasteiger charge is -1.84. The van der Waals surface area contributed by atoms with Crippen molar-refractivity contribution in [1.29, 1.82) is 0 Å². The second-order valence-electron chi connectivity index (χ2n) is 1.92. The summed E-state index contributed by atoms with van der Waals surface area (Å²) in [5.41, 5.74) is 0. The summed E-state index contributed by atoms with van der Waals surface area (Å²) in [5.74, 6) is 0. The minimum Gasteiger partial charge on any atom is -0.332 e. The molecular formula is C3H2F2N2O4S2. The minimum absolute atomic E-state index is 0.432. The van der Waals surface area contributed by atoms with Gasteiger partial charge in [0, 0.05) is 6.20 Å². The van der Waals surface area contributed by atoms with Crippen molar-refractivity contribution in [2.75, 3.05) is 0 Å². The molecular weight excluding hydrogens is 230 g/mol. The standard InChI is InChI=1S/C3H2F2N2O4S2/c4-12(8,9)2-1-6-3(7-2)13(5,10)11/h1H,(H,6,7). The van der Waals surface area contributed by atoms with Crippen LogP contribution in [0.15, 0.2) is 16.4 Å². The third kappa shape index (κ3) is 2.21. The van der Waals surface area contributed by atoms with Gasteiger partial charge in [0.15, 0.2) is 0 Å². The second-order valence-corrected chi connectivity index (χ2v) is 4.48. The zero-order chi connectivity index (χ0) is 10.3. The Morgan fingerprint density at radius 2 is 1.69 bits per heavy atom. The molecule has 1 rings (SSSR count). The van der Waals surface area contributed by atoms with Crippen molar-refractivity contribution in [3.8, 4) is 0 Å². The van der Waals surface area contributed by atoms with Gasteiger partial charge in [-0.1, -0.05) is 7.77 Å². The SMILES string of the molecule is O=S(=O)(F)c1c[nH]c(S(=O)(=O)F)n1. The molecule has 1 aromatic heterocycles. The molecule has 10 heteroatoms. The van der Waals surface area contributed by atoms with Gasteiger partial charge < -0.3 is 4.98 Å². The summed E-state index contributed by atoms with van der Waals surface area (Å²) >= 11 is 0. The maximum atomic E-state index is 12.1.